The Bertz CT molecular complexity index is 1080. The molecule has 0 aliphatic carbocycles. The summed E-state index contributed by atoms with van der Waals surface area (Å²) < 4.78 is 7.43. The standard InChI is InChI=1S/C19H19N3O7/c1-10-7-20(15-6-13(24)14(8-23)29-15)19(28)22(16(10)25)9-21-17(26)11-4-2-3-5-12(11)18(21)27/h2-5,7,13-15,23-24H,6,8-9H2,1H3/t13-,14+,15+/m0/s1. The van der Waals surface area contributed by atoms with Gasteiger partial charge in [0.1, 0.15) is 19.0 Å². The SMILES string of the molecule is Cc1cn([C@H]2C[C@H](O)[C@@H](CO)O2)c(=O)n(CN2C(=O)c3ccccc3C2=O)c1=O. The van der Waals surface area contributed by atoms with Crippen molar-refractivity contribution in [3.8, 4) is 0 Å². The molecule has 0 unspecified atom stereocenters. The maximum atomic E-state index is 13.0. The smallest absolute Gasteiger partial charge is 0.334 e. The van der Waals surface area contributed by atoms with Crippen molar-refractivity contribution in [1.29, 1.82) is 0 Å². The Kier molecular flexibility index (Phi) is 4.69. The second kappa shape index (κ2) is 7.07. The first-order valence-corrected chi connectivity index (χ1v) is 9.05. The van der Waals surface area contributed by atoms with Gasteiger partial charge in [-0.1, -0.05) is 12.1 Å². The number of aliphatic hydroxyl groups excluding tert-OH is 2. The summed E-state index contributed by atoms with van der Waals surface area (Å²) in [5.74, 6) is -1.17. The Hall–Kier alpha value is -3.08. The summed E-state index contributed by atoms with van der Waals surface area (Å²) in [6.45, 7) is 0.538. The molecular weight excluding hydrogens is 382 g/mol. The Morgan fingerprint density at radius 3 is 2.28 bits per heavy atom. The number of carbonyl (C=O) groups is 2. The number of hydrogen-bond donors (Lipinski definition) is 2. The lowest BCUT2D eigenvalue weighted by molar-refractivity contribution is -0.0465. The third kappa shape index (κ3) is 3.01. The molecule has 2 aliphatic rings. The fraction of sp³-hybridized carbons (Fsp3) is 0.368. The van der Waals surface area contributed by atoms with Crippen LogP contribution in [0.4, 0.5) is 0 Å². The van der Waals surface area contributed by atoms with Gasteiger partial charge >= 0.3 is 5.69 Å². The van der Waals surface area contributed by atoms with E-state index >= 15 is 0 Å². The van der Waals surface area contributed by atoms with Gasteiger partial charge in [-0.25, -0.2) is 9.36 Å². The normalized spacial score (nSPS) is 23.7. The third-order valence-corrected chi connectivity index (χ3v) is 5.22. The molecule has 1 aromatic heterocycles. The fourth-order valence-electron chi connectivity index (χ4n) is 3.65. The summed E-state index contributed by atoms with van der Waals surface area (Å²) in [5.41, 5.74) is -0.794. The number of aromatic nitrogens is 2. The summed E-state index contributed by atoms with van der Waals surface area (Å²) in [4.78, 5) is 51.5. The molecule has 1 aromatic carbocycles. The fourth-order valence-corrected chi connectivity index (χ4v) is 3.65. The maximum Gasteiger partial charge on any atom is 0.334 e. The molecule has 0 bridgehead atoms. The Balaban J connectivity index is 1.72. The molecule has 0 spiro atoms. The monoisotopic (exact) mass is 401 g/mol. The number of carbonyl (C=O) groups excluding carboxylic acids is 2. The zero-order valence-corrected chi connectivity index (χ0v) is 15.5. The molecule has 2 N–H and O–H groups in total. The van der Waals surface area contributed by atoms with Crippen LogP contribution >= 0.6 is 0 Å². The Labute approximate surface area is 164 Å². The van der Waals surface area contributed by atoms with Crippen molar-refractivity contribution < 1.29 is 24.5 Å². The van der Waals surface area contributed by atoms with E-state index in [1.165, 1.54) is 25.3 Å². The summed E-state index contributed by atoms with van der Waals surface area (Å²) in [6.07, 6.45) is -1.34. The average Bonchev–Trinajstić information content (AvgIpc) is 3.20. The Morgan fingerprint density at radius 1 is 1.10 bits per heavy atom. The van der Waals surface area contributed by atoms with Gasteiger partial charge in [0.25, 0.3) is 17.4 Å². The van der Waals surface area contributed by atoms with Gasteiger partial charge in [-0.15, -0.1) is 0 Å². The molecular formula is C19H19N3O7. The molecule has 10 heteroatoms. The molecule has 1 saturated heterocycles. The van der Waals surface area contributed by atoms with Gasteiger partial charge in [0.15, 0.2) is 0 Å². The summed E-state index contributed by atoms with van der Waals surface area (Å²) in [5, 5.41) is 19.2. The maximum absolute atomic E-state index is 13.0. The highest BCUT2D eigenvalue weighted by Crippen LogP contribution is 2.27. The van der Waals surface area contributed by atoms with E-state index in [9.17, 15) is 29.4 Å². The lowest BCUT2D eigenvalue weighted by Crippen LogP contribution is -2.47. The van der Waals surface area contributed by atoms with Crippen molar-refractivity contribution in [2.45, 2.75) is 38.4 Å². The van der Waals surface area contributed by atoms with Crippen LogP contribution in [0.3, 0.4) is 0 Å². The van der Waals surface area contributed by atoms with Crippen LogP contribution < -0.4 is 11.2 Å². The number of amides is 2. The van der Waals surface area contributed by atoms with Gasteiger partial charge in [0.05, 0.1) is 23.8 Å². The number of aliphatic hydroxyl groups is 2. The van der Waals surface area contributed by atoms with E-state index in [0.29, 0.717) is 0 Å². The van der Waals surface area contributed by atoms with Crippen LogP contribution in [0.2, 0.25) is 0 Å². The molecule has 2 amide bonds. The molecule has 2 aliphatic heterocycles. The summed E-state index contributed by atoms with van der Waals surface area (Å²) >= 11 is 0. The number of rotatable bonds is 4. The van der Waals surface area contributed by atoms with E-state index in [-0.39, 0.29) is 23.1 Å². The van der Waals surface area contributed by atoms with Crippen LogP contribution in [0.25, 0.3) is 0 Å². The molecule has 4 rings (SSSR count). The van der Waals surface area contributed by atoms with E-state index < -0.39 is 54.8 Å². The first-order valence-electron chi connectivity index (χ1n) is 9.05. The van der Waals surface area contributed by atoms with E-state index in [4.69, 9.17) is 4.74 Å². The van der Waals surface area contributed by atoms with E-state index in [1.807, 2.05) is 0 Å². The zero-order chi connectivity index (χ0) is 20.9. The summed E-state index contributed by atoms with van der Waals surface area (Å²) in [7, 11) is 0. The minimum absolute atomic E-state index is 0.0514. The Morgan fingerprint density at radius 2 is 1.72 bits per heavy atom. The lowest BCUT2D eigenvalue weighted by atomic mass is 10.1. The number of imide groups is 1. The van der Waals surface area contributed by atoms with Crippen molar-refractivity contribution in [1.82, 2.24) is 14.0 Å². The van der Waals surface area contributed by atoms with Gasteiger partial charge in [-0.3, -0.25) is 23.9 Å². The van der Waals surface area contributed by atoms with Gasteiger partial charge in [0.2, 0.25) is 0 Å². The van der Waals surface area contributed by atoms with Crippen LogP contribution in [-0.2, 0) is 11.4 Å². The number of fused-ring (bicyclic) bond motifs is 1. The lowest BCUT2D eigenvalue weighted by Gasteiger charge is -2.20. The van der Waals surface area contributed by atoms with Crippen molar-refractivity contribution >= 4 is 11.8 Å². The predicted molar refractivity (Wildman–Crippen MR) is 98.3 cm³/mol. The molecule has 3 heterocycles. The third-order valence-electron chi connectivity index (χ3n) is 5.22. The average molecular weight is 401 g/mol. The van der Waals surface area contributed by atoms with Gasteiger partial charge in [-0.2, -0.15) is 0 Å². The quantitative estimate of drug-likeness (QED) is 0.642. The van der Waals surface area contributed by atoms with Gasteiger partial charge in [0, 0.05) is 18.2 Å². The number of ether oxygens (including phenoxy) is 1. The van der Waals surface area contributed by atoms with Crippen molar-refractivity contribution in [2.24, 2.45) is 0 Å². The van der Waals surface area contributed by atoms with Gasteiger partial charge < -0.3 is 14.9 Å². The van der Waals surface area contributed by atoms with Gasteiger partial charge in [-0.05, 0) is 19.1 Å². The van der Waals surface area contributed by atoms with E-state index in [1.54, 1.807) is 12.1 Å². The van der Waals surface area contributed by atoms with Crippen molar-refractivity contribution in [3.63, 3.8) is 0 Å². The van der Waals surface area contributed by atoms with Crippen molar-refractivity contribution in [3.05, 3.63) is 68.0 Å². The molecule has 152 valence electrons. The topological polar surface area (TPSA) is 131 Å². The van der Waals surface area contributed by atoms with Crippen molar-refractivity contribution in [2.75, 3.05) is 6.61 Å². The highest BCUT2D eigenvalue weighted by molar-refractivity contribution is 6.21. The van der Waals surface area contributed by atoms with Crippen LogP contribution in [0.5, 0.6) is 0 Å². The largest absolute Gasteiger partial charge is 0.394 e. The van der Waals surface area contributed by atoms with Crippen LogP contribution in [0.1, 0.15) is 38.9 Å². The number of aryl methyl sites for hydroxylation is 1. The molecule has 10 nitrogen and oxygen atoms in total. The number of hydrogen-bond acceptors (Lipinski definition) is 7. The van der Waals surface area contributed by atoms with Crippen LogP contribution in [0, 0.1) is 6.92 Å². The second-order valence-corrected chi connectivity index (χ2v) is 7.08. The summed E-state index contributed by atoms with van der Waals surface area (Å²) in [6, 6.07) is 6.27. The minimum Gasteiger partial charge on any atom is -0.394 e. The zero-order valence-electron chi connectivity index (χ0n) is 15.5. The predicted octanol–water partition coefficient (Wildman–Crippen LogP) is -0.787. The first-order chi connectivity index (χ1) is 13.8. The highest BCUT2D eigenvalue weighted by atomic mass is 16.5. The highest BCUT2D eigenvalue weighted by Gasteiger charge is 2.38. The molecule has 1 fully saturated rings. The second-order valence-electron chi connectivity index (χ2n) is 7.08. The molecule has 3 atom stereocenters. The molecule has 0 radical (unpaired) electrons. The molecule has 29 heavy (non-hydrogen) atoms. The van der Waals surface area contributed by atoms with E-state index in [0.717, 1.165) is 14.0 Å². The number of benzene rings is 1. The van der Waals surface area contributed by atoms with Crippen LogP contribution in [0.15, 0.2) is 40.1 Å². The first kappa shape index (κ1) is 19.2. The number of nitrogens with zero attached hydrogens (tertiary/aromatic N) is 3. The minimum atomic E-state index is -0.964. The van der Waals surface area contributed by atoms with E-state index in [2.05, 4.69) is 0 Å². The molecule has 0 saturated carbocycles. The van der Waals surface area contributed by atoms with Crippen LogP contribution in [-0.4, -0.2) is 54.9 Å². The molecule has 2 aromatic rings.